The van der Waals surface area contributed by atoms with Crippen molar-refractivity contribution in [3.63, 3.8) is 0 Å². The van der Waals surface area contributed by atoms with E-state index >= 15 is 0 Å². The molecule has 0 bridgehead atoms. The van der Waals surface area contributed by atoms with E-state index in [1.807, 2.05) is 48.5 Å². The molecule has 1 aliphatic heterocycles. The maximum atomic E-state index is 13.6. The molecule has 1 amide bonds. The van der Waals surface area contributed by atoms with E-state index in [1.165, 1.54) is 23.2 Å². The predicted octanol–water partition coefficient (Wildman–Crippen LogP) is 5.95. The maximum Gasteiger partial charge on any atom is 0.267 e. The van der Waals surface area contributed by atoms with Gasteiger partial charge >= 0.3 is 0 Å². The van der Waals surface area contributed by atoms with Crippen molar-refractivity contribution in [3.8, 4) is 11.3 Å². The summed E-state index contributed by atoms with van der Waals surface area (Å²) in [7, 11) is 0. The zero-order valence-electron chi connectivity index (χ0n) is 18.8. The molecule has 0 aliphatic carbocycles. The first-order chi connectivity index (χ1) is 17.4. The van der Waals surface area contributed by atoms with Crippen molar-refractivity contribution >= 4 is 43.5 Å². The molecule has 1 atom stereocenters. The second-order valence-corrected chi connectivity index (χ2v) is 10.1. The number of hydrazone groups is 1. The number of rotatable bonds is 5. The van der Waals surface area contributed by atoms with E-state index in [-0.39, 0.29) is 12.4 Å². The number of aromatic nitrogens is 2. The summed E-state index contributed by atoms with van der Waals surface area (Å²) in [5, 5.41) is 10.4. The molecule has 180 valence electrons. The Morgan fingerprint density at radius 2 is 1.67 bits per heavy atom. The third kappa shape index (κ3) is 5.22. The molecular formula is C27H19Br2FN4O2. The van der Waals surface area contributed by atoms with Crippen LogP contribution in [0, 0.1) is 5.82 Å². The van der Waals surface area contributed by atoms with E-state index in [0.29, 0.717) is 12.1 Å². The average molecular weight is 610 g/mol. The van der Waals surface area contributed by atoms with Crippen molar-refractivity contribution in [1.82, 2.24) is 14.8 Å². The molecular weight excluding hydrogens is 591 g/mol. The van der Waals surface area contributed by atoms with E-state index in [2.05, 4.69) is 42.1 Å². The van der Waals surface area contributed by atoms with E-state index < -0.39 is 17.5 Å². The topological polar surface area (TPSA) is 67.6 Å². The Bertz CT molecular complexity index is 1520. The standard InChI is InChI=1S/C27H19Br2FN4O2/c28-20-8-4-17(5-9-20)24-15-25(18-6-10-22(30)11-7-18)34(32-24)27(36)16-33-26(35)13-12-23(31-33)19-2-1-3-21(29)14-19/h1-14,25H,15-16H2. The van der Waals surface area contributed by atoms with Crippen molar-refractivity contribution in [1.29, 1.82) is 0 Å². The van der Waals surface area contributed by atoms with Gasteiger partial charge in [-0.2, -0.15) is 10.2 Å². The first-order valence-electron chi connectivity index (χ1n) is 11.1. The van der Waals surface area contributed by atoms with Crippen LogP contribution in [0.15, 0.2) is 104 Å². The Labute approximate surface area is 223 Å². The lowest BCUT2D eigenvalue weighted by molar-refractivity contribution is -0.133. The minimum atomic E-state index is -0.430. The van der Waals surface area contributed by atoms with Crippen molar-refractivity contribution in [2.75, 3.05) is 0 Å². The Balaban J connectivity index is 1.47. The van der Waals surface area contributed by atoms with Gasteiger partial charge in [-0.1, -0.05) is 68.3 Å². The molecule has 9 heteroatoms. The number of halogens is 3. The smallest absolute Gasteiger partial charge is 0.267 e. The van der Waals surface area contributed by atoms with Crippen LogP contribution in [0.2, 0.25) is 0 Å². The third-order valence-electron chi connectivity index (χ3n) is 5.87. The van der Waals surface area contributed by atoms with E-state index in [0.717, 1.165) is 36.0 Å². The van der Waals surface area contributed by atoms with E-state index in [9.17, 15) is 14.0 Å². The van der Waals surface area contributed by atoms with Gasteiger partial charge in [-0.3, -0.25) is 9.59 Å². The molecule has 0 radical (unpaired) electrons. The van der Waals surface area contributed by atoms with Crippen LogP contribution in [0.25, 0.3) is 11.3 Å². The van der Waals surface area contributed by atoms with Crippen molar-refractivity contribution in [2.45, 2.75) is 19.0 Å². The number of nitrogens with zero attached hydrogens (tertiary/aromatic N) is 4. The van der Waals surface area contributed by atoms with Gasteiger partial charge in [0.15, 0.2) is 0 Å². The number of hydrogen-bond donors (Lipinski definition) is 0. The molecule has 6 nitrogen and oxygen atoms in total. The van der Waals surface area contributed by atoms with Gasteiger partial charge in [0, 0.05) is 27.0 Å². The third-order valence-corrected chi connectivity index (χ3v) is 6.89. The van der Waals surface area contributed by atoms with Gasteiger partial charge in [0.25, 0.3) is 11.5 Å². The summed E-state index contributed by atoms with van der Waals surface area (Å²) < 4.78 is 16.5. The van der Waals surface area contributed by atoms with Gasteiger partial charge < -0.3 is 0 Å². The van der Waals surface area contributed by atoms with Crippen LogP contribution in [0.3, 0.4) is 0 Å². The minimum Gasteiger partial charge on any atom is -0.271 e. The predicted molar refractivity (Wildman–Crippen MR) is 143 cm³/mol. The highest BCUT2D eigenvalue weighted by molar-refractivity contribution is 9.10. The Morgan fingerprint density at radius 3 is 2.39 bits per heavy atom. The fourth-order valence-corrected chi connectivity index (χ4v) is 4.73. The normalized spacial score (nSPS) is 15.1. The summed E-state index contributed by atoms with van der Waals surface area (Å²) in [4.78, 5) is 26.0. The lowest BCUT2D eigenvalue weighted by Gasteiger charge is -2.22. The summed E-state index contributed by atoms with van der Waals surface area (Å²) in [6, 6.07) is 23.8. The van der Waals surface area contributed by atoms with Gasteiger partial charge in [-0.05, 0) is 53.6 Å². The second kappa shape index (κ2) is 10.3. The fraction of sp³-hybridized carbons (Fsp3) is 0.111. The molecule has 1 aliphatic rings. The lowest BCUT2D eigenvalue weighted by Crippen LogP contribution is -2.34. The summed E-state index contributed by atoms with van der Waals surface area (Å²) in [6.45, 7) is -0.282. The van der Waals surface area contributed by atoms with Crippen molar-refractivity contribution < 1.29 is 9.18 Å². The Morgan fingerprint density at radius 1 is 0.917 bits per heavy atom. The van der Waals surface area contributed by atoms with Crippen LogP contribution < -0.4 is 5.56 Å². The molecule has 0 N–H and O–H groups in total. The first-order valence-corrected chi connectivity index (χ1v) is 12.7. The summed E-state index contributed by atoms with van der Waals surface area (Å²) in [6.07, 6.45) is 0.458. The van der Waals surface area contributed by atoms with Crippen LogP contribution in [0.5, 0.6) is 0 Å². The number of carbonyl (C=O) groups excluding carboxylic acids is 1. The summed E-state index contributed by atoms with van der Waals surface area (Å²) in [5.74, 6) is -0.749. The highest BCUT2D eigenvalue weighted by atomic mass is 79.9. The Kier molecular flexibility index (Phi) is 6.93. The number of amides is 1. The molecule has 36 heavy (non-hydrogen) atoms. The van der Waals surface area contributed by atoms with Crippen LogP contribution in [-0.4, -0.2) is 26.4 Å². The van der Waals surface area contributed by atoms with Crippen LogP contribution >= 0.6 is 31.9 Å². The van der Waals surface area contributed by atoms with E-state index in [4.69, 9.17) is 0 Å². The van der Waals surface area contributed by atoms with Crippen LogP contribution in [0.1, 0.15) is 23.6 Å². The zero-order valence-corrected chi connectivity index (χ0v) is 22.0. The quantitative estimate of drug-likeness (QED) is 0.281. The molecule has 0 saturated carbocycles. The summed E-state index contributed by atoms with van der Waals surface area (Å²) >= 11 is 6.87. The van der Waals surface area contributed by atoms with E-state index in [1.54, 1.807) is 18.2 Å². The summed E-state index contributed by atoms with van der Waals surface area (Å²) in [5.41, 5.74) is 3.35. The van der Waals surface area contributed by atoms with Crippen molar-refractivity contribution in [3.05, 3.63) is 121 Å². The number of carbonyl (C=O) groups is 1. The Hall–Kier alpha value is -3.43. The van der Waals surface area contributed by atoms with Gasteiger partial charge in [0.2, 0.25) is 0 Å². The molecule has 2 heterocycles. The highest BCUT2D eigenvalue weighted by Gasteiger charge is 2.33. The molecule has 1 aromatic heterocycles. The lowest BCUT2D eigenvalue weighted by atomic mass is 9.98. The molecule has 0 fully saturated rings. The van der Waals surface area contributed by atoms with Gasteiger partial charge in [0.1, 0.15) is 12.4 Å². The largest absolute Gasteiger partial charge is 0.271 e. The first kappa shape index (κ1) is 24.3. The molecule has 1 unspecified atom stereocenters. The molecule has 4 aromatic rings. The molecule has 0 saturated heterocycles. The van der Waals surface area contributed by atoms with Gasteiger partial charge in [-0.15, -0.1) is 0 Å². The SMILES string of the molecule is O=C(Cn1nc(-c2cccc(Br)c2)ccc1=O)N1N=C(c2ccc(Br)cc2)CC1c1ccc(F)cc1. The number of hydrogen-bond acceptors (Lipinski definition) is 4. The monoisotopic (exact) mass is 608 g/mol. The van der Waals surface area contributed by atoms with Gasteiger partial charge in [-0.25, -0.2) is 14.1 Å². The fourth-order valence-electron chi connectivity index (χ4n) is 4.07. The molecule has 0 spiro atoms. The van der Waals surface area contributed by atoms with Crippen LogP contribution in [0.4, 0.5) is 4.39 Å². The molecule has 3 aromatic carbocycles. The molecule has 5 rings (SSSR count). The van der Waals surface area contributed by atoms with Crippen LogP contribution in [-0.2, 0) is 11.3 Å². The highest BCUT2D eigenvalue weighted by Crippen LogP contribution is 2.33. The zero-order chi connectivity index (χ0) is 25.2. The second-order valence-electron chi connectivity index (χ2n) is 8.29. The average Bonchev–Trinajstić information content (AvgIpc) is 3.32. The van der Waals surface area contributed by atoms with Gasteiger partial charge in [0.05, 0.1) is 17.4 Å². The minimum absolute atomic E-state index is 0.282. The number of benzene rings is 3. The maximum absolute atomic E-state index is 13.6. The van der Waals surface area contributed by atoms with Crippen molar-refractivity contribution in [2.24, 2.45) is 5.10 Å².